The van der Waals surface area contributed by atoms with Crippen LogP contribution in [0.2, 0.25) is 0 Å². The summed E-state index contributed by atoms with van der Waals surface area (Å²) in [6.07, 6.45) is 2.97. The molecule has 166 valence electrons. The molecule has 2 aromatic carbocycles. The van der Waals surface area contributed by atoms with Gasteiger partial charge in [-0.2, -0.15) is 0 Å². The molecule has 1 fully saturated rings. The van der Waals surface area contributed by atoms with E-state index in [2.05, 4.69) is 36.5 Å². The Hall–Kier alpha value is -2.73. The Morgan fingerprint density at radius 1 is 1.06 bits per heavy atom. The zero-order chi connectivity index (χ0) is 22.0. The van der Waals surface area contributed by atoms with Crippen LogP contribution >= 0.6 is 0 Å². The van der Waals surface area contributed by atoms with Gasteiger partial charge in [-0.15, -0.1) is 0 Å². The highest BCUT2D eigenvalue weighted by atomic mass is 16.5. The first-order valence-electron chi connectivity index (χ1n) is 11.1. The quantitative estimate of drug-likeness (QED) is 0.682. The number of fused-ring (bicyclic) bond motifs is 1. The van der Waals surface area contributed by atoms with E-state index in [4.69, 9.17) is 14.2 Å². The Kier molecular flexibility index (Phi) is 6.37. The number of carbonyl (C=O) groups excluding carboxylic acids is 1. The number of hydrogen-bond donors (Lipinski definition) is 2. The third kappa shape index (κ3) is 4.64. The maximum Gasteiger partial charge on any atom is 0.223 e. The van der Waals surface area contributed by atoms with E-state index in [1.54, 1.807) is 21.3 Å². The van der Waals surface area contributed by atoms with E-state index in [9.17, 15) is 4.79 Å². The van der Waals surface area contributed by atoms with Crippen molar-refractivity contribution >= 4 is 5.91 Å². The summed E-state index contributed by atoms with van der Waals surface area (Å²) in [7, 11) is 5.02. The van der Waals surface area contributed by atoms with Crippen LogP contribution in [0.1, 0.15) is 42.5 Å². The van der Waals surface area contributed by atoms with E-state index in [1.165, 1.54) is 21.6 Å². The number of benzene rings is 2. The van der Waals surface area contributed by atoms with Crippen molar-refractivity contribution < 1.29 is 23.9 Å². The van der Waals surface area contributed by atoms with Crippen LogP contribution in [-0.4, -0.2) is 39.8 Å². The van der Waals surface area contributed by atoms with Gasteiger partial charge in [0.2, 0.25) is 5.91 Å². The fourth-order valence-corrected chi connectivity index (χ4v) is 4.71. The minimum Gasteiger partial charge on any atom is -0.497 e. The number of amides is 1. The summed E-state index contributed by atoms with van der Waals surface area (Å²) in [6.45, 7) is 4.00. The fourth-order valence-electron chi connectivity index (χ4n) is 4.71. The second-order valence-electron chi connectivity index (χ2n) is 8.64. The van der Waals surface area contributed by atoms with Crippen molar-refractivity contribution in [3.63, 3.8) is 0 Å². The Bertz CT molecular complexity index is 924. The lowest BCUT2D eigenvalue weighted by atomic mass is 9.87. The first-order chi connectivity index (χ1) is 15.0. The van der Waals surface area contributed by atoms with E-state index in [0.29, 0.717) is 0 Å². The molecule has 1 heterocycles. The lowest BCUT2D eigenvalue weighted by molar-refractivity contribution is -0.948. The molecule has 2 N–H and O–H groups in total. The molecule has 1 unspecified atom stereocenters. The van der Waals surface area contributed by atoms with E-state index < -0.39 is 0 Å². The third-order valence-electron chi connectivity index (χ3n) is 6.54. The molecule has 0 aromatic heterocycles. The van der Waals surface area contributed by atoms with E-state index in [0.717, 1.165) is 49.6 Å². The molecule has 1 aliphatic carbocycles. The van der Waals surface area contributed by atoms with Crippen molar-refractivity contribution in [1.29, 1.82) is 0 Å². The number of ether oxygens (including phenoxy) is 3. The molecule has 0 saturated heterocycles. The van der Waals surface area contributed by atoms with Gasteiger partial charge in [-0.1, -0.05) is 0 Å². The smallest absolute Gasteiger partial charge is 0.223 e. The summed E-state index contributed by atoms with van der Waals surface area (Å²) in [5, 5.41) is 3.30. The Labute approximate surface area is 184 Å². The highest BCUT2D eigenvalue weighted by molar-refractivity contribution is 5.81. The van der Waals surface area contributed by atoms with Crippen LogP contribution in [0.15, 0.2) is 36.4 Å². The Morgan fingerprint density at radius 2 is 1.74 bits per heavy atom. The average molecular weight is 426 g/mol. The molecule has 2 aromatic rings. The second kappa shape index (κ2) is 9.18. The molecule has 3 atom stereocenters. The molecule has 1 aliphatic heterocycles. The van der Waals surface area contributed by atoms with E-state index in [1.807, 2.05) is 12.1 Å². The van der Waals surface area contributed by atoms with Crippen LogP contribution in [0.3, 0.4) is 0 Å². The summed E-state index contributed by atoms with van der Waals surface area (Å²) < 4.78 is 16.4. The lowest BCUT2D eigenvalue weighted by Crippen LogP contribution is -3.13. The summed E-state index contributed by atoms with van der Waals surface area (Å²) in [5.41, 5.74) is 3.76. The zero-order valence-corrected chi connectivity index (χ0v) is 18.9. The standard InChI is InChI=1S/C25H32N2O4/c1-16(26-25(28)18-7-8-18)24-21-14-23(31-4)22(30-3)13-19(21)11-12-27(24)15-17-5-9-20(29-2)10-6-17/h5-6,9-10,13-14,16,18,24H,7-8,11-12,15H2,1-4H3,(H,26,28)/p+1/t16-,24-/m0/s1. The maximum atomic E-state index is 12.6. The highest BCUT2D eigenvalue weighted by Crippen LogP contribution is 2.35. The predicted octanol–water partition coefficient (Wildman–Crippen LogP) is 2.31. The number of quaternary nitrogens is 1. The third-order valence-corrected chi connectivity index (χ3v) is 6.54. The molecule has 4 rings (SSSR count). The van der Waals surface area contributed by atoms with Gasteiger partial charge in [-0.3, -0.25) is 4.79 Å². The normalized spacial score (nSPS) is 21.0. The zero-order valence-electron chi connectivity index (χ0n) is 18.9. The molecule has 2 aliphatic rings. The van der Waals surface area contributed by atoms with Crippen molar-refractivity contribution in [2.24, 2.45) is 5.92 Å². The van der Waals surface area contributed by atoms with E-state index >= 15 is 0 Å². The molecular weight excluding hydrogens is 392 g/mol. The fraction of sp³-hybridized carbons (Fsp3) is 0.480. The number of methoxy groups -OCH3 is 3. The average Bonchev–Trinajstić information content (AvgIpc) is 3.64. The second-order valence-corrected chi connectivity index (χ2v) is 8.64. The minimum atomic E-state index is 0.0125. The molecule has 31 heavy (non-hydrogen) atoms. The summed E-state index contributed by atoms with van der Waals surface area (Å²) >= 11 is 0. The van der Waals surface area contributed by atoms with Crippen LogP contribution < -0.4 is 24.4 Å². The number of nitrogens with one attached hydrogen (secondary N) is 2. The first-order valence-corrected chi connectivity index (χ1v) is 11.1. The van der Waals surface area contributed by atoms with Crippen molar-refractivity contribution in [2.45, 2.75) is 44.8 Å². The molecule has 0 bridgehead atoms. The van der Waals surface area contributed by atoms with Gasteiger partial charge in [0.1, 0.15) is 18.3 Å². The van der Waals surface area contributed by atoms with Gasteiger partial charge in [0.05, 0.1) is 33.9 Å². The number of carbonyl (C=O) groups is 1. The van der Waals surface area contributed by atoms with Crippen LogP contribution in [0, 0.1) is 5.92 Å². The molecule has 6 heteroatoms. The molecule has 0 radical (unpaired) electrons. The molecular formula is C25H33N2O4+. The van der Waals surface area contributed by atoms with Crippen LogP contribution in [0.25, 0.3) is 0 Å². The summed E-state index contributed by atoms with van der Waals surface area (Å²) in [6, 6.07) is 12.6. The van der Waals surface area contributed by atoms with E-state index in [-0.39, 0.29) is 23.9 Å². The van der Waals surface area contributed by atoms with Gasteiger partial charge >= 0.3 is 0 Å². The van der Waals surface area contributed by atoms with Crippen LogP contribution in [-0.2, 0) is 17.8 Å². The summed E-state index contributed by atoms with van der Waals surface area (Å²) in [4.78, 5) is 14.0. The molecule has 1 amide bonds. The summed E-state index contributed by atoms with van der Waals surface area (Å²) in [5.74, 6) is 2.73. The minimum absolute atomic E-state index is 0.0125. The molecule has 1 saturated carbocycles. The number of hydrogen-bond acceptors (Lipinski definition) is 4. The van der Waals surface area contributed by atoms with Gasteiger partial charge in [0, 0.05) is 23.5 Å². The Morgan fingerprint density at radius 3 is 2.35 bits per heavy atom. The van der Waals surface area contributed by atoms with Crippen molar-refractivity contribution in [3.8, 4) is 17.2 Å². The Balaban J connectivity index is 1.65. The van der Waals surface area contributed by atoms with Gasteiger partial charge in [0.25, 0.3) is 0 Å². The predicted molar refractivity (Wildman–Crippen MR) is 119 cm³/mol. The van der Waals surface area contributed by atoms with Crippen LogP contribution in [0.5, 0.6) is 17.2 Å². The topological polar surface area (TPSA) is 61.2 Å². The highest BCUT2D eigenvalue weighted by Gasteiger charge is 2.39. The number of rotatable bonds is 8. The first kappa shape index (κ1) is 21.5. The SMILES string of the molecule is COc1ccc(C[NH+]2CCc3cc(OC)c(OC)cc3[C@@H]2[C@H](C)NC(=O)C2CC2)cc1. The van der Waals surface area contributed by atoms with Gasteiger partial charge < -0.3 is 24.4 Å². The van der Waals surface area contributed by atoms with Gasteiger partial charge in [-0.25, -0.2) is 0 Å². The van der Waals surface area contributed by atoms with Crippen molar-refractivity contribution in [1.82, 2.24) is 5.32 Å². The van der Waals surface area contributed by atoms with Gasteiger partial charge in [-0.05, 0) is 61.7 Å². The van der Waals surface area contributed by atoms with Crippen LogP contribution in [0.4, 0.5) is 0 Å². The van der Waals surface area contributed by atoms with Crippen molar-refractivity contribution in [3.05, 3.63) is 53.1 Å². The largest absolute Gasteiger partial charge is 0.497 e. The monoisotopic (exact) mass is 425 g/mol. The molecule has 6 nitrogen and oxygen atoms in total. The maximum absolute atomic E-state index is 12.6. The van der Waals surface area contributed by atoms with Crippen molar-refractivity contribution in [2.75, 3.05) is 27.9 Å². The lowest BCUT2D eigenvalue weighted by Gasteiger charge is -2.38. The van der Waals surface area contributed by atoms with Gasteiger partial charge in [0.15, 0.2) is 11.5 Å². The molecule has 0 spiro atoms.